The second-order valence-corrected chi connectivity index (χ2v) is 21.0. The van der Waals surface area contributed by atoms with Gasteiger partial charge in [-0.2, -0.15) is 0 Å². The number of rotatable bonds is 9. The van der Waals surface area contributed by atoms with E-state index >= 15 is 0 Å². The van der Waals surface area contributed by atoms with Gasteiger partial charge in [0.1, 0.15) is 0 Å². The molecule has 0 aromatic heterocycles. The van der Waals surface area contributed by atoms with Crippen molar-refractivity contribution in [1.82, 2.24) is 0 Å². The van der Waals surface area contributed by atoms with Gasteiger partial charge in [0, 0.05) is 18.4 Å². The summed E-state index contributed by atoms with van der Waals surface area (Å²) in [6.45, 7) is 26.4. The Morgan fingerprint density at radius 3 is 1.59 bits per heavy atom. The fourth-order valence-corrected chi connectivity index (χ4v) is 7.60. The van der Waals surface area contributed by atoms with Gasteiger partial charge >= 0.3 is 37.9 Å². The molecule has 0 radical (unpaired) electrons. The Balaban J connectivity index is 0.00000161. The predicted octanol–water partition coefficient (Wildman–Crippen LogP) is 14.6. The molecular weight excluding hydrogens is 719 g/mol. The summed E-state index contributed by atoms with van der Waals surface area (Å²) in [6.07, 6.45) is 8.70. The topological polar surface area (TPSA) is 9.23 Å². The van der Waals surface area contributed by atoms with Gasteiger partial charge in [-0.3, -0.25) is 0 Å². The molecule has 2 aliphatic rings. The maximum absolute atomic E-state index is 5.95. The van der Waals surface area contributed by atoms with Crippen LogP contribution in [-0.2, 0) is 36.4 Å². The zero-order valence-electron chi connectivity index (χ0n) is 32.9. The van der Waals surface area contributed by atoms with Gasteiger partial charge in [0.2, 0.25) is 0 Å². The first-order valence-electron chi connectivity index (χ1n) is 17.6. The van der Waals surface area contributed by atoms with Crippen LogP contribution >= 0.6 is 17.0 Å². The third-order valence-electron chi connectivity index (χ3n) is 10.2. The first kappa shape index (κ1) is 44.0. The van der Waals surface area contributed by atoms with Crippen molar-refractivity contribution in [1.29, 1.82) is 0 Å². The summed E-state index contributed by atoms with van der Waals surface area (Å²) >= 11 is -0.826. The van der Waals surface area contributed by atoms with Gasteiger partial charge in [-0.25, -0.2) is 0 Å². The number of allylic oxidation sites excluding steroid dienone is 2. The number of hydrogen-bond acceptors (Lipinski definition) is 1. The Kier molecular flexibility index (Phi) is 15.8. The molecule has 0 N–H and O–H groups in total. The Morgan fingerprint density at radius 2 is 1.10 bits per heavy atom. The van der Waals surface area contributed by atoms with E-state index in [1.807, 2.05) is 0 Å². The van der Waals surface area contributed by atoms with E-state index in [-0.39, 0.29) is 36.7 Å². The number of ether oxygens (including phenoxy) is 1. The van der Waals surface area contributed by atoms with Gasteiger partial charge in [0.15, 0.2) is 0 Å². The summed E-state index contributed by atoms with van der Waals surface area (Å²) < 4.78 is 5.95. The molecule has 0 amide bonds. The second kappa shape index (κ2) is 17.6. The molecule has 3 aromatic rings. The summed E-state index contributed by atoms with van der Waals surface area (Å²) in [4.78, 5) is 0. The van der Waals surface area contributed by atoms with Crippen LogP contribution in [0.1, 0.15) is 153 Å². The molecule has 5 rings (SSSR count). The monoisotopic (exact) mass is 780 g/mol. The fourth-order valence-electron chi connectivity index (χ4n) is 7.60. The van der Waals surface area contributed by atoms with Crippen molar-refractivity contribution in [2.75, 3.05) is 6.61 Å². The zero-order chi connectivity index (χ0) is 34.8. The Hall–Kier alpha value is -1.18. The van der Waals surface area contributed by atoms with Crippen molar-refractivity contribution in [2.24, 2.45) is 5.41 Å². The molecule has 1 nitrogen and oxygen atoms in total. The predicted molar refractivity (Wildman–Crippen MR) is 215 cm³/mol. The number of hydrogen-bond donors (Lipinski definition) is 0. The molecule has 0 heterocycles. The van der Waals surface area contributed by atoms with Gasteiger partial charge in [0.05, 0.1) is 5.60 Å². The first-order valence-corrected chi connectivity index (χ1v) is 23.9. The normalized spacial score (nSPS) is 15.4. The Labute approximate surface area is 320 Å². The number of halogens is 2. The molecule has 4 heteroatoms. The average Bonchev–Trinajstić information content (AvgIpc) is 3.51. The molecule has 0 spiro atoms. The molecule has 1 atom stereocenters. The summed E-state index contributed by atoms with van der Waals surface area (Å²) in [6, 6.07) is 23.9. The maximum atomic E-state index is 5.95. The zero-order valence-corrected chi connectivity index (χ0v) is 36.9. The van der Waals surface area contributed by atoms with Crippen LogP contribution in [0.5, 0.6) is 0 Å². The van der Waals surface area contributed by atoms with Crippen LogP contribution < -0.4 is 0 Å². The van der Waals surface area contributed by atoms with Gasteiger partial charge < -0.3 is 19.6 Å². The number of benzene rings is 3. The number of fused-ring (bicyclic) bond motifs is 4. The third-order valence-corrected chi connectivity index (χ3v) is 10.2. The average molecular weight is 783 g/mol. The van der Waals surface area contributed by atoms with Crippen LogP contribution in [0.2, 0.25) is 0 Å². The molecular formula is C45H64Cl2OZr. The van der Waals surface area contributed by atoms with Crippen LogP contribution in [0.4, 0.5) is 0 Å². The van der Waals surface area contributed by atoms with E-state index in [4.69, 9.17) is 21.8 Å². The minimum atomic E-state index is -0.826. The van der Waals surface area contributed by atoms with E-state index in [0.717, 1.165) is 19.4 Å². The molecule has 3 aromatic carbocycles. The van der Waals surface area contributed by atoms with Gasteiger partial charge in [-0.15, -0.1) is 0 Å². The van der Waals surface area contributed by atoms with Crippen molar-refractivity contribution >= 4 is 22.6 Å². The van der Waals surface area contributed by atoms with Gasteiger partial charge in [0.25, 0.3) is 0 Å². The molecule has 0 saturated heterocycles. The van der Waals surface area contributed by atoms with Crippen molar-refractivity contribution in [3.05, 3.63) is 115 Å². The molecule has 0 fully saturated rings. The van der Waals surface area contributed by atoms with Crippen LogP contribution in [0.3, 0.4) is 0 Å². The van der Waals surface area contributed by atoms with Gasteiger partial charge in [-0.1, -0.05) is 135 Å². The summed E-state index contributed by atoms with van der Waals surface area (Å²) in [5.41, 5.74) is 13.5. The van der Waals surface area contributed by atoms with Crippen LogP contribution in [-0.4, -0.2) is 12.2 Å². The molecule has 0 saturated carbocycles. The third kappa shape index (κ3) is 10.5. The summed E-state index contributed by atoms with van der Waals surface area (Å²) in [5, 5.41) is 0. The second-order valence-electron chi connectivity index (χ2n) is 17.3. The van der Waals surface area contributed by atoms with E-state index in [9.17, 15) is 0 Å². The van der Waals surface area contributed by atoms with E-state index in [1.165, 1.54) is 63.8 Å². The number of unbranched alkanes of at least 4 members (excludes halogenated alkanes) is 3. The molecule has 0 aliphatic heterocycles. The Morgan fingerprint density at radius 1 is 0.612 bits per heavy atom. The van der Waals surface area contributed by atoms with Crippen molar-refractivity contribution in [3.63, 3.8) is 0 Å². The van der Waals surface area contributed by atoms with E-state index < -0.39 is 20.8 Å². The Bertz CT molecular complexity index is 1480. The molecule has 1 unspecified atom stereocenters. The van der Waals surface area contributed by atoms with Gasteiger partial charge in [-0.05, 0) is 106 Å². The van der Waals surface area contributed by atoms with E-state index in [0.29, 0.717) is 11.8 Å². The molecule has 0 bridgehead atoms. The minimum absolute atomic E-state index is 0. The van der Waals surface area contributed by atoms with Crippen LogP contribution in [0.25, 0.3) is 16.7 Å². The quantitative estimate of drug-likeness (QED) is 0.155. The fraction of sp³-hybridized carbons (Fsp3) is 0.511. The van der Waals surface area contributed by atoms with E-state index in [2.05, 4.69) is 143 Å². The van der Waals surface area contributed by atoms with Crippen molar-refractivity contribution in [3.8, 4) is 11.1 Å². The van der Waals surface area contributed by atoms with Crippen LogP contribution in [0, 0.1) is 20.3 Å². The van der Waals surface area contributed by atoms with Crippen LogP contribution in [0.15, 0.2) is 66.7 Å². The standard InChI is InChI=1S/C43H58O.2CH3.2ClH.Zr/c1-40(2,3)30-21-23-33-34-24-22-31(41(4,5)6)28-37(34)39(36(33)27-30)43(10,11)38-26-29(32-19-15-16-20-35(32)38)18-14-12-13-17-25-44-42(7,8)9;;;;;/h15-16,19-24,26-28,38-39H,12-14,17-18,25H2,1-11H3;2*1H3;2*1H;/q;2*-1;;;+4/p-2. The molecule has 2 aliphatic carbocycles. The van der Waals surface area contributed by atoms with Crippen molar-refractivity contribution < 1.29 is 25.6 Å². The van der Waals surface area contributed by atoms with E-state index in [1.54, 1.807) is 5.57 Å². The SMILES string of the molecule is CC(C)(C)OCCCCCCC1=CC(C(C)(C)C2c3cc(C(C)(C)C)ccc3-c3ccc(C(C)(C)C)cc32)c2ccccc21.[CH3-].[CH3-].[Cl][Zr+2][Cl]. The molecule has 49 heavy (non-hydrogen) atoms. The van der Waals surface area contributed by atoms with Crippen molar-refractivity contribution in [2.45, 2.75) is 137 Å². The molecule has 268 valence electrons. The first-order chi connectivity index (χ1) is 21.9. The summed E-state index contributed by atoms with van der Waals surface area (Å²) in [5.74, 6) is 0.697. The summed E-state index contributed by atoms with van der Waals surface area (Å²) in [7, 11) is 9.87.